The summed E-state index contributed by atoms with van der Waals surface area (Å²) >= 11 is 6.26. The molecule has 2 aromatic carbocycles. The molecule has 2 amide bonds. The maximum atomic E-state index is 13.4. The van der Waals surface area contributed by atoms with E-state index in [9.17, 15) is 18.0 Å². The molecule has 0 saturated carbocycles. The molecule has 1 atom stereocenters. The number of rotatable bonds is 9. The fourth-order valence-electron chi connectivity index (χ4n) is 3.19. The van der Waals surface area contributed by atoms with Gasteiger partial charge in [-0.15, -0.1) is 0 Å². The molecule has 0 radical (unpaired) electrons. The first-order valence-corrected chi connectivity index (χ1v) is 12.1. The largest absolute Gasteiger partial charge is 0.495 e. The molecule has 0 saturated heterocycles. The fourth-order valence-corrected chi connectivity index (χ4v) is 4.23. The van der Waals surface area contributed by atoms with Crippen LogP contribution in [0.3, 0.4) is 0 Å². The van der Waals surface area contributed by atoms with Gasteiger partial charge in [-0.1, -0.05) is 35.9 Å². The molecule has 0 bridgehead atoms. The monoisotopic (exact) mass is 481 g/mol. The van der Waals surface area contributed by atoms with Gasteiger partial charge in [-0.05, 0) is 43.2 Å². The molecule has 0 aromatic heterocycles. The minimum Gasteiger partial charge on any atom is -0.495 e. The highest BCUT2D eigenvalue weighted by Crippen LogP contribution is 2.31. The molecule has 32 heavy (non-hydrogen) atoms. The van der Waals surface area contributed by atoms with E-state index in [-0.39, 0.29) is 18.1 Å². The molecule has 174 valence electrons. The lowest BCUT2D eigenvalue weighted by Crippen LogP contribution is -2.50. The van der Waals surface area contributed by atoms with Gasteiger partial charge < -0.3 is 15.0 Å². The molecular weight excluding hydrogens is 454 g/mol. The number of hydrogen-bond donors (Lipinski definition) is 1. The summed E-state index contributed by atoms with van der Waals surface area (Å²) in [6.07, 6.45) is 1.02. The van der Waals surface area contributed by atoms with Crippen molar-refractivity contribution in [3.8, 4) is 5.75 Å². The van der Waals surface area contributed by atoms with Crippen LogP contribution in [0.4, 0.5) is 5.69 Å². The Kier molecular flexibility index (Phi) is 8.51. The van der Waals surface area contributed by atoms with Gasteiger partial charge in [0.15, 0.2) is 0 Å². The average molecular weight is 482 g/mol. The second-order valence-corrected chi connectivity index (χ2v) is 9.66. The number of anilines is 1. The van der Waals surface area contributed by atoms with E-state index in [1.165, 1.54) is 19.1 Å². The van der Waals surface area contributed by atoms with Crippen LogP contribution in [0.25, 0.3) is 0 Å². The second kappa shape index (κ2) is 10.7. The molecule has 1 N–H and O–H groups in total. The Balaban J connectivity index is 2.47. The predicted octanol–water partition coefficient (Wildman–Crippen LogP) is 2.59. The summed E-state index contributed by atoms with van der Waals surface area (Å²) < 4.78 is 31.6. The number of nitrogens with one attached hydrogen (secondary N) is 1. The normalized spacial score (nSPS) is 12.1. The van der Waals surface area contributed by atoms with E-state index in [1.54, 1.807) is 49.4 Å². The van der Waals surface area contributed by atoms with Crippen LogP contribution in [-0.4, -0.2) is 58.1 Å². The van der Waals surface area contributed by atoms with Crippen LogP contribution in [0.5, 0.6) is 5.75 Å². The summed E-state index contributed by atoms with van der Waals surface area (Å²) in [4.78, 5) is 27.0. The number of halogens is 1. The molecule has 2 aromatic rings. The molecule has 0 aliphatic heterocycles. The highest BCUT2D eigenvalue weighted by Gasteiger charge is 2.31. The lowest BCUT2D eigenvalue weighted by molar-refractivity contribution is -0.139. The van der Waals surface area contributed by atoms with Crippen molar-refractivity contribution in [1.82, 2.24) is 10.2 Å². The van der Waals surface area contributed by atoms with Gasteiger partial charge in [-0.2, -0.15) is 0 Å². The zero-order valence-corrected chi connectivity index (χ0v) is 20.3. The third-order valence-corrected chi connectivity index (χ3v) is 6.49. The smallest absolute Gasteiger partial charge is 0.244 e. The van der Waals surface area contributed by atoms with Crippen LogP contribution in [0, 0.1) is 6.92 Å². The van der Waals surface area contributed by atoms with Crippen molar-refractivity contribution in [3.63, 3.8) is 0 Å². The molecule has 8 nitrogen and oxygen atoms in total. The number of aryl methyl sites for hydroxylation is 1. The van der Waals surface area contributed by atoms with Crippen LogP contribution >= 0.6 is 11.6 Å². The number of likely N-dealkylation sites (N-methyl/N-ethyl adjacent to an activating group) is 1. The van der Waals surface area contributed by atoms with Gasteiger partial charge in [0.1, 0.15) is 18.3 Å². The summed E-state index contributed by atoms with van der Waals surface area (Å²) in [5, 5.41) is 2.96. The standard InChI is InChI=1S/C22H28ClN3O5S/c1-15-10-11-20(31-4)19(12-15)26(32(5,29)30)14-21(27)25(16(2)22(28)24-3)13-17-8-6-7-9-18(17)23/h6-12,16H,13-14H2,1-5H3,(H,24,28)/t16-/m0/s1. The van der Waals surface area contributed by atoms with E-state index in [2.05, 4.69) is 5.32 Å². The van der Waals surface area contributed by atoms with Crippen molar-refractivity contribution in [2.75, 3.05) is 31.3 Å². The Hall–Kier alpha value is -2.78. The first-order valence-electron chi connectivity index (χ1n) is 9.86. The molecule has 0 aliphatic rings. The molecule has 2 rings (SSSR count). The van der Waals surface area contributed by atoms with Crippen molar-refractivity contribution in [1.29, 1.82) is 0 Å². The van der Waals surface area contributed by atoms with Crippen LogP contribution in [-0.2, 0) is 26.2 Å². The van der Waals surface area contributed by atoms with E-state index >= 15 is 0 Å². The van der Waals surface area contributed by atoms with E-state index in [0.717, 1.165) is 16.1 Å². The van der Waals surface area contributed by atoms with Crippen molar-refractivity contribution in [2.45, 2.75) is 26.4 Å². The van der Waals surface area contributed by atoms with E-state index in [4.69, 9.17) is 16.3 Å². The molecule has 0 aliphatic carbocycles. The number of benzene rings is 2. The minimum absolute atomic E-state index is 0.0373. The number of sulfonamides is 1. The Morgan fingerprint density at radius 2 is 1.84 bits per heavy atom. The zero-order valence-electron chi connectivity index (χ0n) is 18.8. The fraction of sp³-hybridized carbons (Fsp3) is 0.364. The van der Waals surface area contributed by atoms with Gasteiger partial charge in [0.2, 0.25) is 21.8 Å². The number of amides is 2. The second-order valence-electron chi connectivity index (χ2n) is 7.35. The summed E-state index contributed by atoms with van der Waals surface area (Å²) in [6, 6.07) is 11.2. The first kappa shape index (κ1) is 25.5. The van der Waals surface area contributed by atoms with Gasteiger partial charge >= 0.3 is 0 Å². The third-order valence-electron chi connectivity index (χ3n) is 4.99. The zero-order chi connectivity index (χ0) is 24.1. The molecule has 0 unspecified atom stereocenters. The molecule has 0 spiro atoms. The van der Waals surface area contributed by atoms with Crippen LogP contribution in [0.2, 0.25) is 5.02 Å². The van der Waals surface area contributed by atoms with Crippen molar-refractivity contribution in [2.24, 2.45) is 0 Å². The number of methoxy groups -OCH3 is 1. The Morgan fingerprint density at radius 3 is 2.41 bits per heavy atom. The van der Waals surface area contributed by atoms with Gasteiger partial charge in [-0.25, -0.2) is 8.42 Å². The SMILES string of the molecule is CNC(=O)[C@H](C)N(Cc1ccccc1Cl)C(=O)CN(c1cc(C)ccc1OC)S(C)(=O)=O. The maximum absolute atomic E-state index is 13.4. The summed E-state index contributed by atoms with van der Waals surface area (Å²) in [5.74, 6) is -0.634. The summed E-state index contributed by atoms with van der Waals surface area (Å²) in [6.45, 7) is 2.91. The molecule has 10 heteroatoms. The first-order chi connectivity index (χ1) is 15.0. The van der Waals surface area contributed by atoms with Crippen molar-refractivity contribution < 1.29 is 22.7 Å². The number of carbonyl (C=O) groups is 2. The van der Waals surface area contributed by atoms with E-state index in [1.807, 2.05) is 6.92 Å². The molecule has 0 heterocycles. The number of carbonyl (C=O) groups excluding carboxylic acids is 2. The van der Waals surface area contributed by atoms with Crippen molar-refractivity contribution in [3.05, 3.63) is 58.6 Å². The molecular formula is C22H28ClN3O5S. The van der Waals surface area contributed by atoms with Crippen LogP contribution < -0.4 is 14.4 Å². The quantitative estimate of drug-likeness (QED) is 0.594. The van der Waals surface area contributed by atoms with Gasteiger partial charge in [0.25, 0.3) is 0 Å². The Bertz CT molecular complexity index is 1090. The number of nitrogens with zero attached hydrogens (tertiary/aromatic N) is 2. The molecule has 0 fully saturated rings. The highest BCUT2D eigenvalue weighted by atomic mass is 35.5. The third kappa shape index (κ3) is 6.14. The Labute approximate surface area is 194 Å². The average Bonchev–Trinajstić information content (AvgIpc) is 2.74. The van der Waals surface area contributed by atoms with E-state index in [0.29, 0.717) is 16.3 Å². The summed E-state index contributed by atoms with van der Waals surface area (Å²) in [5.41, 5.74) is 1.68. The number of hydrogen-bond acceptors (Lipinski definition) is 5. The maximum Gasteiger partial charge on any atom is 0.244 e. The van der Waals surface area contributed by atoms with Gasteiger partial charge in [0.05, 0.1) is 19.1 Å². The lowest BCUT2D eigenvalue weighted by atomic mass is 10.1. The van der Waals surface area contributed by atoms with Gasteiger partial charge in [0, 0.05) is 18.6 Å². The summed E-state index contributed by atoms with van der Waals surface area (Å²) in [7, 11) is -0.955. The Morgan fingerprint density at radius 1 is 1.19 bits per heavy atom. The minimum atomic E-state index is -3.85. The number of ether oxygens (including phenoxy) is 1. The van der Waals surface area contributed by atoms with Crippen LogP contribution in [0.1, 0.15) is 18.1 Å². The topological polar surface area (TPSA) is 96.0 Å². The van der Waals surface area contributed by atoms with Crippen LogP contribution in [0.15, 0.2) is 42.5 Å². The lowest BCUT2D eigenvalue weighted by Gasteiger charge is -2.31. The van der Waals surface area contributed by atoms with Gasteiger partial charge in [-0.3, -0.25) is 13.9 Å². The highest BCUT2D eigenvalue weighted by molar-refractivity contribution is 7.92. The predicted molar refractivity (Wildman–Crippen MR) is 125 cm³/mol. The van der Waals surface area contributed by atoms with Crippen molar-refractivity contribution >= 4 is 39.1 Å². The van der Waals surface area contributed by atoms with E-state index < -0.39 is 28.5 Å².